The summed E-state index contributed by atoms with van der Waals surface area (Å²) in [6, 6.07) is 13.9. The number of aromatic amines is 1. The van der Waals surface area contributed by atoms with E-state index in [1.807, 2.05) is 24.3 Å². The third kappa shape index (κ3) is 3.74. The number of thiazole rings is 1. The summed E-state index contributed by atoms with van der Waals surface area (Å²) in [6.07, 6.45) is 0.786. The Balaban J connectivity index is 1.18. The van der Waals surface area contributed by atoms with E-state index in [1.54, 1.807) is 31.0 Å². The Morgan fingerprint density at radius 2 is 1.74 bits per heavy atom. The van der Waals surface area contributed by atoms with Crippen LogP contribution in [0.1, 0.15) is 22.8 Å². The first kappa shape index (κ1) is 24.5. The second kappa shape index (κ2) is 8.99. The number of carbonyl (C=O) groups excluding carboxylic acids is 3. The number of H-pyrrole nitrogens is 1. The van der Waals surface area contributed by atoms with Crippen molar-refractivity contribution in [2.24, 2.45) is 29.6 Å². The normalized spacial score (nSPS) is 30.2. The standard InChI is InChI=1S/C28H25N3O6S2/c1-37-15-8-2-12(3-9-15)19-20-16-10-17(23(20)38-25-24(19)39-28(36)30-25)22-21(16)26(34)31(27(22)35)11-18(33)29-13-4-6-14(32)7-5-13/h2-9,16-17,19-23,32H,10-11H2,1H3,(H,29,33)(H,30,36)/t16?,17?,19-,20?,21?,22?,23?/m1/s1. The number of phenolic OH excluding ortho intramolecular Hbond substituents is 1. The van der Waals surface area contributed by atoms with E-state index in [0.717, 1.165) is 32.5 Å². The number of benzene rings is 2. The molecule has 39 heavy (non-hydrogen) atoms. The fourth-order valence-corrected chi connectivity index (χ4v) is 10.2. The summed E-state index contributed by atoms with van der Waals surface area (Å²) in [6.45, 7) is -0.337. The van der Waals surface area contributed by atoms with Gasteiger partial charge in [0.2, 0.25) is 17.7 Å². The zero-order valence-electron chi connectivity index (χ0n) is 20.8. The molecule has 200 valence electrons. The minimum atomic E-state index is -0.461. The van der Waals surface area contributed by atoms with Gasteiger partial charge in [-0.3, -0.25) is 24.1 Å². The van der Waals surface area contributed by atoms with Crippen LogP contribution in [0.15, 0.2) is 58.4 Å². The molecule has 3 heterocycles. The highest BCUT2D eigenvalue weighted by Gasteiger charge is 2.69. The molecule has 9 nitrogen and oxygen atoms in total. The first-order valence-corrected chi connectivity index (χ1v) is 14.5. The maximum atomic E-state index is 13.7. The Morgan fingerprint density at radius 3 is 2.44 bits per heavy atom. The van der Waals surface area contributed by atoms with E-state index in [1.165, 1.54) is 23.5 Å². The number of phenols is 1. The number of amides is 3. The average molecular weight is 564 g/mol. The number of aromatic hydroxyl groups is 1. The highest BCUT2D eigenvalue weighted by molar-refractivity contribution is 8.00. The van der Waals surface area contributed by atoms with Gasteiger partial charge in [-0.05, 0) is 66.1 Å². The lowest BCUT2D eigenvalue weighted by Gasteiger charge is -2.43. The number of ether oxygens (including phenoxy) is 1. The molecule has 3 amide bonds. The smallest absolute Gasteiger partial charge is 0.305 e. The number of hydrogen-bond donors (Lipinski definition) is 3. The second-order valence-electron chi connectivity index (χ2n) is 10.6. The number of anilines is 1. The average Bonchev–Trinajstić information content (AvgIpc) is 3.66. The molecule has 3 N–H and O–H groups in total. The summed E-state index contributed by atoms with van der Waals surface area (Å²) in [4.78, 5) is 57.4. The van der Waals surface area contributed by atoms with Crippen LogP contribution >= 0.6 is 23.1 Å². The van der Waals surface area contributed by atoms with Crippen molar-refractivity contribution in [1.82, 2.24) is 9.88 Å². The van der Waals surface area contributed by atoms with Crippen LogP contribution in [-0.2, 0) is 14.4 Å². The molecule has 7 atom stereocenters. The van der Waals surface area contributed by atoms with Gasteiger partial charge < -0.3 is 20.1 Å². The number of fused-ring (bicyclic) bond motifs is 9. The second-order valence-corrected chi connectivity index (χ2v) is 12.8. The van der Waals surface area contributed by atoms with Crippen LogP contribution in [0.3, 0.4) is 0 Å². The van der Waals surface area contributed by atoms with Crippen LogP contribution < -0.4 is 14.9 Å². The Morgan fingerprint density at radius 1 is 1.05 bits per heavy atom. The van der Waals surface area contributed by atoms with Gasteiger partial charge in [-0.25, -0.2) is 0 Å². The quantitative estimate of drug-likeness (QED) is 0.321. The zero-order valence-corrected chi connectivity index (χ0v) is 22.5. The number of carbonyl (C=O) groups is 3. The predicted octanol–water partition coefficient (Wildman–Crippen LogP) is 3.26. The number of nitrogens with one attached hydrogen (secondary N) is 2. The fourth-order valence-electron chi connectivity index (χ4n) is 7.31. The summed E-state index contributed by atoms with van der Waals surface area (Å²) in [5.74, 6) is -1.08. The lowest BCUT2D eigenvalue weighted by Crippen LogP contribution is -2.42. The largest absolute Gasteiger partial charge is 0.508 e. The van der Waals surface area contributed by atoms with Crippen LogP contribution in [0.25, 0.3) is 0 Å². The summed E-state index contributed by atoms with van der Waals surface area (Å²) in [7, 11) is 1.62. The van der Waals surface area contributed by atoms with Crippen LogP contribution in [0.5, 0.6) is 11.5 Å². The molecule has 7 rings (SSSR count). The summed E-state index contributed by atoms with van der Waals surface area (Å²) in [5.41, 5.74) is 1.54. The van der Waals surface area contributed by atoms with Gasteiger partial charge in [0.15, 0.2) is 0 Å². The lowest BCUT2D eigenvalue weighted by molar-refractivity contribution is -0.143. The molecular weight excluding hydrogens is 538 g/mol. The van der Waals surface area contributed by atoms with Crippen molar-refractivity contribution in [1.29, 1.82) is 0 Å². The summed E-state index contributed by atoms with van der Waals surface area (Å²) in [5, 5.41) is 13.1. The molecule has 2 bridgehead atoms. The van der Waals surface area contributed by atoms with Gasteiger partial charge in [0.1, 0.15) is 18.0 Å². The summed E-state index contributed by atoms with van der Waals surface area (Å²) < 4.78 is 5.35. The van der Waals surface area contributed by atoms with Crippen LogP contribution in [-0.4, -0.2) is 51.6 Å². The number of methoxy groups -OCH3 is 1. The van der Waals surface area contributed by atoms with Crippen molar-refractivity contribution in [3.8, 4) is 11.5 Å². The molecule has 3 fully saturated rings. The SMILES string of the molecule is COc1ccc([C@H]2c3sc(=O)[nH]c3SC3C4CC(C5C(=O)N(CC(=O)Nc6ccc(O)cc6)C(=O)C45)C32)cc1. The van der Waals surface area contributed by atoms with Crippen LogP contribution in [0, 0.1) is 29.6 Å². The minimum absolute atomic E-state index is 0.00564. The van der Waals surface area contributed by atoms with E-state index >= 15 is 0 Å². The van der Waals surface area contributed by atoms with E-state index < -0.39 is 17.7 Å². The Bertz CT molecular complexity index is 1550. The molecule has 2 saturated carbocycles. The van der Waals surface area contributed by atoms with E-state index in [2.05, 4.69) is 10.3 Å². The predicted molar refractivity (Wildman–Crippen MR) is 145 cm³/mol. The van der Waals surface area contributed by atoms with Gasteiger partial charge in [-0.2, -0.15) is 0 Å². The van der Waals surface area contributed by atoms with Gasteiger partial charge in [-0.1, -0.05) is 23.5 Å². The van der Waals surface area contributed by atoms with Crippen LogP contribution in [0.2, 0.25) is 0 Å². The number of nitrogens with zero attached hydrogens (tertiary/aromatic N) is 1. The van der Waals surface area contributed by atoms with Crippen LogP contribution in [0.4, 0.5) is 5.69 Å². The van der Waals surface area contributed by atoms with Crippen molar-refractivity contribution < 1.29 is 24.2 Å². The van der Waals surface area contributed by atoms with Crippen molar-refractivity contribution in [2.75, 3.05) is 19.0 Å². The number of thioether (sulfide) groups is 1. The molecule has 2 aliphatic heterocycles. The van der Waals surface area contributed by atoms with Gasteiger partial charge >= 0.3 is 4.87 Å². The topological polar surface area (TPSA) is 129 Å². The number of rotatable bonds is 5. The zero-order chi connectivity index (χ0) is 27.0. The maximum Gasteiger partial charge on any atom is 0.305 e. The molecular formula is C28H25N3O6S2. The van der Waals surface area contributed by atoms with E-state index in [4.69, 9.17) is 4.74 Å². The van der Waals surface area contributed by atoms with Gasteiger partial charge in [0.05, 0.1) is 24.0 Å². The van der Waals surface area contributed by atoms with Crippen molar-refractivity contribution >= 4 is 46.5 Å². The van der Waals surface area contributed by atoms with Gasteiger partial charge in [0.25, 0.3) is 0 Å². The molecule has 1 saturated heterocycles. The molecule has 4 aliphatic rings. The van der Waals surface area contributed by atoms with Crippen molar-refractivity contribution in [3.63, 3.8) is 0 Å². The Hall–Kier alpha value is -3.57. The third-order valence-corrected chi connectivity index (χ3v) is 11.3. The number of hydrogen-bond acceptors (Lipinski definition) is 8. The Kier molecular flexibility index (Phi) is 5.64. The Labute approximate surface area is 231 Å². The number of aromatic nitrogens is 1. The van der Waals surface area contributed by atoms with E-state index in [9.17, 15) is 24.3 Å². The maximum absolute atomic E-state index is 13.7. The van der Waals surface area contributed by atoms with E-state index in [-0.39, 0.29) is 57.9 Å². The molecule has 1 aromatic heterocycles. The van der Waals surface area contributed by atoms with Crippen molar-refractivity contribution in [2.45, 2.75) is 22.6 Å². The van der Waals surface area contributed by atoms with Crippen molar-refractivity contribution in [3.05, 3.63) is 68.6 Å². The molecule has 3 aromatic rings. The molecule has 6 unspecified atom stereocenters. The monoisotopic (exact) mass is 563 g/mol. The highest BCUT2D eigenvalue weighted by Crippen LogP contribution is 2.68. The molecule has 2 aliphatic carbocycles. The van der Waals surface area contributed by atoms with Gasteiger partial charge in [-0.15, -0.1) is 11.8 Å². The number of likely N-dealkylation sites (tertiary alicyclic amines) is 1. The van der Waals surface area contributed by atoms with E-state index in [0.29, 0.717) is 5.69 Å². The third-order valence-electron chi connectivity index (χ3n) is 8.74. The fraction of sp³-hybridized carbons (Fsp3) is 0.357. The first-order chi connectivity index (χ1) is 18.8. The lowest BCUT2D eigenvalue weighted by atomic mass is 9.68. The number of imide groups is 1. The molecule has 2 aromatic carbocycles. The minimum Gasteiger partial charge on any atom is -0.508 e. The molecule has 0 radical (unpaired) electrons. The highest BCUT2D eigenvalue weighted by atomic mass is 32.2. The van der Waals surface area contributed by atoms with Gasteiger partial charge in [0, 0.05) is 21.7 Å². The first-order valence-electron chi connectivity index (χ1n) is 12.8. The molecule has 11 heteroatoms. The molecule has 0 spiro atoms. The summed E-state index contributed by atoms with van der Waals surface area (Å²) >= 11 is 2.86.